The van der Waals surface area contributed by atoms with Crippen molar-refractivity contribution < 1.29 is 14.2 Å². The van der Waals surface area contributed by atoms with Gasteiger partial charge in [0.15, 0.2) is 0 Å². The van der Waals surface area contributed by atoms with E-state index in [0.29, 0.717) is 5.57 Å². The molecule has 1 unspecified atom stereocenters. The molecule has 30 heavy (non-hydrogen) atoms. The standard InChI is InChI=1S/C25H28N2O2S/c1-17-9-11-18(12-10-17)15-23-25(29)27(2)21-16-19(13-14-22(21)30-23)24(28)26-20-7-5-3-4-6-8-20/h9-16,20,22H,3-8H2,1-2H3/p+1/b23-15-. The Kier molecular flexibility index (Phi) is 6.38. The molecule has 156 valence electrons. The number of carbonyl (C=O) groups is 2. The van der Waals surface area contributed by atoms with Crippen LogP contribution in [0.3, 0.4) is 0 Å². The van der Waals surface area contributed by atoms with Crippen molar-refractivity contribution in [2.24, 2.45) is 0 Å². The number of fused-ring (bicyclic) bond motifs is 1. The van der Waals surface area contributed by atoms with Gasteiger partial charge in [-0.1, -0.05) is 79.4 Å². The minimum Gasteiger partial charge on any atom is -0.349 e. The van der Waals surface area contributed by atoms with E-state index in [9.17, 15) is 9.59 Å². The van der Waals surface area contributed by atoms with Crippen LogP contribution < -0.4 is 5.32 Å². The molecular weight excluding hydrogens is 392 g/mol. The Morgan fingerprint density at radius 3 is 2.53 bits per heavy atom. The van der Waals surface area contributed by atoms with Crippen molar-refractivity contribution in [3.05, 3.63) is 64.1 Å². The number of aryl methyl sites for hydroxylation is 1. The molecule has 0 saturated heterocycles. The fourth-order valence-corrected chi connectivity index (χ4v) is 5.40. The molecule has 1 aromatic rings. The Labute approximate surface area is 182 Å². The van der Waals surface area contributed by atoms with E-state index in [2.05, 4.69) is 12.2 Å². The predicted octanol–water partition coefficient (Wildman–Crippen LogP) is 4.40. The number of thioether (sulfide) groups is 1. The fraction of sp³-hybridized carbons (Fsp3) is 0.400. The van der Waals surface area contributed by atoms with Crippen LogP contribution in [0.4, 0.5) is 0 Å². The number of carbonyl (C=O) groups excluding carboxylic acids is 2. The summed E-state index contributed by atoms with van der Waals surface area (Å²) < 4.78 is 1.68. The van der Waals surface area contributed by atoms with Crippen LogP contribution in [0.15, 0.2) is 53.0 Å². The lowest BCUT2D eigenvalue weighted by molar-refractivity contribution is -0.413. The third-order valence-corrected chi connectivity index (χ3v) is 7.23. The zero-order chi connectivity index (χ0) is 21.1. The highest BCUT2D eigenvalue weighted by atomic mass is 32.2. The van der Waals surface area contributed by atoms with E-state index in [-0.39, 0.29) is 23.1 Å². The summed E-state index contributed by atoms with van der Waals surface area (Å²) >= 11 is 1.55. The number of nitrogens with zero attached hydrogens (tertiary/aromatic N) is 1. The van der Waals surface area contributed by atoms with E-state index in [1.807, 2.05) is 48.6 Å². The minimum absolute atomic E-state index is 0.0260. The molecule has 1 saturated carbocycles. The molecule has 4 nitrogen and oxygen atoms in total. The summed E-state index contributed by atoms with van der Waals surface area (Å²) in [5.41, 5.74) is 3.73. The molecule has 5 heteroatoms. The van der Waals surface area contributed by atoms with Crippen molar-refractivity contribution in [1.29, 1.82) is 0 Å². The van der Waals surface area contributed by atoms with E-state index in [1.165, 1.54) is 31.2 Å². The monoisotopic (exact) mass is 421 g/mol. The number of benzene rings is 1. The zero-order valence-electron chi connectivity index (χ0n) is 17.7. The molecule has 0 spiro atoms. The number of allylic oxidation sites excluding steroid dienone is 1. The van der Waals surface area contributed by atoms with Gasteiger partial charge in [0, 0.05) is 17.7 Å². The van der Waals surface area contributed by atoms with E-state index in [0.717, 1.165) is 29.0 Å². The van der Waals surface area contributed by atoms with Crippen molar-refractivity contribution in [3.8, 4) is 0 Å². The van der Waals surface area contributed by atoms with Gasteiger partial charge in [-0.3, -0.25) is 4.79 Å². The van der Waals surface area contributed by atoms with E-state index >= 15 is 0 Å². The number of hydrogen-bond acceptors (Lipinski definition) is 3. The van der Waals surface area contributed by atoms with Crippen LogP contribution in [0.2, 0.25) is 0 Å². The first-order valence-corrected chi connectivity index (χ1v) is 11.7. The Hall–Kier alpha value is -2.40. The number of nitrogens with one attached hydrogen (secondary N) is 1. The van der Waals surface area contributed by atoms with Crippen LogP contribution in [-0.2, 0) is 9.59 Å². The number of likely N-dealkylation sites (N-methyl/N-ethyl adjacent to an activating group) is 1. The van der Waals surface area contributed by atoms with E-state index in [4.69, 9.17) is 0 Å². The molecule has 2 aliphatic carbocycles. The largest absolute Gasteiger partial charge is 0.425 e. The Morgan fingerprint density at radius 2 is 1.83 bits per heavy atom. The number of rotatable bonds is 3. The Morgan fingerprint density at radius 1 is 1.13 bits per heavy atom. The first kappa shape index (κ1) is 20.9. The van der Waals surface area contributed by atoms with Crippen molar-refractivity contribution in [1.82, 2.24) is 5.32 Å². The summed E-state index contributed by atoms with van der Waals surface area (Å²) in [6.45, 7) is 2.05. The van der Waals surface area contributed by atoms with E-state index < -0.39 is 0 Å². The normalized spacial score (nSPS) is 23.8. The second-order valence-electron chi connectivity index (χ2n) is 8.37. The summed E-state index contributed by atoms with van der Waals surface area (Å²) in [5.74, 6) is -0.0576. The van der Waals surface area contributed by atoms with Gasteiger partial charge in [-0.25, -0.2) is 4.79 Å². The summed E-state index contributed by atoms with van der Waals surface area (Å²) in [4.78, 5) is 26.5. The summed E-state index contributed by atoms with van der Waals surface area (Å²) in [5, 5.41) is 3.24. The van der Waals surface area contributed by atoms with Crippen LogP contribution in [-0.4, -0.2) is 40.4 Å². The van der Waals surface area contributed by atoms with Crippen molar-refractivity contribution >= 4 is 35.4 Å². The van der Waals surface area contributed by atoms with Gasteiger partial charge in [-0.15, -0.1) is 0 Å². The highest BCUT2D eigenvalue weighted by Crippen LogP contribution is 2.33. The van der Waals surface area contributed by atoms with E-state index in [1.54, 1.807) is 23.4 Å². The van der Waals surface area contributed by atoms with Crippen molar-refractivity contribution in [2.75, 3.05) is 7.05 Å². The molecule has 0 bridgehead atoms. The molecule has 0 radical (unpaired) electrons. The van der Waals surface area contributed by atoms with Gasteiger partial charge in [-0.05, 0) is 31.4 Å². The molecule has 1 aliphatic heterocycles. The molecule has 4 rings (SSSR count). The first-order chi connectivity index (χ1) is 14.5. The maximum atomic E-state index is 12.9. The second-order valence-corrected chi connectivity index (χ2v) is 9.55. The third kappa shape index (κ3) is 4.67. The number of hydrogen-bond donors (Lipinski definition) is 1. The highest BCUT2D eigenvalue weighted by Gasteiger charge is 2.38. The first-order valence-electron chi connectivity index (χ1n) is 10.8. The summed E-state index contributed by atoms with van der Waals surface area (Å²) in [7, 11) is 1.80. The number of amides is 2. The van der Waals surface area contributed by atoms with Gasteiger partial charge >= 0.3 is 5.91 Å². The van der Waals surface area contributed by atoms with Gasteiger partial charge < -0.3 is 5.32 Å². The predicted molar refractivity (Wildman–Crippen MR) is 124 cm³/mol. The SMILES string of the molecule is Cc1ccc(/C=C2\SC3C=CC(C(=O)NC4CCCCCC4)=CC3=[N+](C)C2=O)cc1. The van der Waals surface area contributed by atoms with Gasteiger partial charge in [0.1, 0.15) is 17.2 Å². The Bertz CT molecular complexity index is 961. The van der Waals surface area contributed by atoms with Crippen molar-refractivity contribution in [2.45, 2.75) is 56.7 Å². The quantitative estimate of drug-likeness (QED) is 0.447. The smallest absolute Gasteiger partial charge is 0.349 e. The average molecular weight is 422 g/mol. The molecule has 1 N–H and O–H groups in total. The van der Waals surface area contributed by atoms with Crippen LogP contribution in [0.25, 0.3) is 6.08 Å². The summed E-state index contributed by atoms with van der Waals surface area (Å²) in [6, 6.07) is 8.42. The lowest BCUT2D eigenvalue weighted by atomic mass is 10.0. The van der Waals surface area contributed by atoms with Crippen molar-refractivity contribution in [3.63, 3.8) is 0 Å². The maximum absolute atomic E-state index is 12.9. The molecule has 3 aliphatic rings. The fourth-order valence-electron chi connectivity index (χ4n) is 4.18. The van der Waals surface area contributed by atoms with Gasteiger partial charge in [0.05, 0.1) is 0 Å². The highest BCUT2D eigenvalue weighted by molar-refractivity contribution is 8.05. The van der Waals surface area contributed by atoms with Crippen LogP contribution in [0.5, 0.6) is 0 Å². The van der Waals surface area contributed by atoms with Crippen LogP contribution in [0, 0.1) is 6.92 Å². The Balaban J connectivity index is 1.53. The lowest BCUT2D eigenvalue weighted by Gasteiger charge is -2.22. The maximum Gasteiger partial charge on any atom is 0.425 e. The topological polar surface area (TPSA) is 49.2 Å². The van der Waals surface area contributed by atoms with Crippen LogP contribution in [0.1, 0.15) is 49.7 Å². The molecule has 1 aromatic carbocycles. The average Bonchev–Trinajstić information content (AvgIpc) is 3.02. The van der Waals surface area contributed by atoms with Gasteiger partial charge in [0.2, 0.25) is 5.71 Å². The molecule has 0 aromatic heterocycles. The third-order valence-electron chi connectivity index (χ3n) is 6.03. The zero-order valence-corrected chi connectivity index (χ0v) is 18.5. The molecule has 2 amide bonds. The van der Waals surface area contributed by atoms with Crippen LogP contribution >= 0.6 is 11.8 Å². The minimum atomic E-state index is -0.0315. The second kappa shape index (κ2) is 9.17. The molecule has 1 heterocycles. The van der Waals surface area contributed by atoms with Gasteiger partial charge in [0.25, 0.3) is 5.91 Å². The van der Waals surface area contributed by atoms with Gasteiger partial charge in [-0.2, -0.15) is 4.58 Å². The molecule has 1 fully saturated rings. The lowest BCUT2D eigenvalue weighted by Crippen LogP contribution is -2.39. The molecular formula is C25H29N2O2S+. The summed E-state index contributed by atoms with van der Waals surface area (Å²) in [6.07, 6.45) is 14.8. The molecule has 1 atom stereocenters.